The Morgan fingerprint density at radius 1 is 1.04 bits per heavy atom. The second-order valence-corrected chi connectivity index (χ2v) is 8.38. The molecule has 0 radical (unpaired) electrons. The largest absolute Gasteiger partial charge is 0.341 e. The Balaban J connectivity index is 1.71. The van der Waals surface area contributed by atoms with Gasteiger partial charge in [0.05, 0.1) is 10.8 Å². The lowest BCUT2D eigenvalue weighted by molar-refractivity contribution is -0.136. The molecule has 2 aliphatic rings. The quantitative estimate of drug-likeness (QED) is 0.879. The van der Waals surface area contributed by atoms with Crippen molar-refractivity contribution in [1.29, 1.82) is 0 Å². The molecule has 3 rings (SSSR count). The highest BCUT2D eigenvalue weighted by molar-refractivity contribution is 7.89. The van der Waals surface area contributed by atoms with E-state index in [0.29, 0.717) is 24.5 Å². The van der Waals surface area contributed by atoms with E-state index in [2.05, 4.69) is 5.32 Å². The molecule has 2 fully saturated rings. The van der Waals surface area contributed by atoms with Crippen molar-refractivity contribution in [2.75, 3.05) is 39.3 Å². The SMILES string of the molecule is O=C(C1CCCN(S(=O)(=O)c2ccccc2)C1)N1CCCNCC1. The zero-order valence-electron chi connectivity index (χ0n) is 13.9. The number of benzene rings is 1. The van der Waals surface area contributed by atoms with Gasteiger partial charge in [0.15, 0.2) is 0 Å². The van der Waals surface area contributed by atoms with Gasteiger partial charge in [-0.05, 0) is 37.9 Å². The molecule has 1 unspecified atom stereocenters. The van der Waals surface area contributed by atoms with E-state index in [-0.39, 0.29) is 11.8 Å². The number of carbonyl (C=O) groups excluding carboxylic acids is 1. The molecule has 2 saturated heterocycles. The van der Waals surface area contributed by atoms with E-state index in [1.54, 1.807) is 30.3 Å². The molecule has 2 aliphatic heterocycles. The normalized spacial score (nSPS) is 23.7. The predicted octanol–water partition coefficient (Wildman–Crippen LogP) is 0.909. The minimum absolute atomic E-state index is 0.103. The number of amides is 1. The second-order valence-electron chi connectivity index (χ2n) is 6.44. The summed E-state index contributed by atoms with van der Waals surface area (Å²) in [7, 11) is -3.52. The van der Waals surface area contributed by atoms with Crippen LogP contribution in [0, 0.1) is 5.92 Å². The fourth-order valence-corrected chi connectivity index (χ4v) is 4.97. The van der Waals surface area contributed by atoms with Gasteiger partial charge in [-0.1, -0.05) is 18.2 Å². The van der Waals surface area contributed by atoms with Crippen LogP contribution in [0.4, 0.5) is 0 Å². The maximum absolute atomic E-state index is 12.8. The Bertz CT molecular complexity index is 655. The molecule has 24 heavy (non-hydrogen) atoms. The highest BCUT2D eigenvalue weighted by Gasteiger charge is 2.35. The number of piperidine rings is 1. The molecular weight excluding hydrogens is 326 g/mol. The van der Waals surface area contributed by atoms with Gasteiger partial charge in [-0.15, -0.1) is 0 Å². The number of nitrogens with one attached hydrogen (secondary N) is 1. The highest BCUT2D eigenvalue weighted by Crippen LogP contribution is 2.25. The van der Waals surface area contributed by atoms with Gasteiger partial charge in [0.2, 0.25) is 15.9 Å². The van der Waals surface area contributed by atoms with Gasteiger partial charge >= 0.3 is 0 Å². The fraction of sp³-hybridized carbons (Fsp3) is 0.588. The summed E-state index contributed by atoms with van der Waals surface area (Å²) in [5.74, 6) is -0.123. The molecule has 0 saturated carbocycles. The Morgan fingerprint density at radius 2 is 1.83 bits per heavy atom. The molecule has 1 atom stereocenters. The third kappa shape index (κ3) is 3.79. The maximum atomic E-state index is 12.8. The summed E-state index contributed by atoms with van der Waals surface area (Å²) in [6.45, 7) is 3.99. The Kier molecular flexibility index (Phi) is 5.53. The van der Waals surface area contributed by atoms with Gasteiger partial charge in [-0.2, -0.15) is 4.31 Å². The van der Waals surface area contributed by atoms with E-state index in [0.717, 1.165) is 38.9 Å². The molecule has 0 aliphatic carbocycles. The number of sulfonamides is 1. The topological polar surface area (TPSA) is 69.7 Å². The number of nitrogens with zero attached hydrogens (tertiary/aromatic N) is 2. The molecule has 0 bridgehead atoms. The second kappa shape index (κ2) is 7.63. The van der Waals surface area contributed by atoms with Crippen LogP contribution >= 0.6 is 0 Å². The van der Waals surface area contributed by atoms with Crippen LogP contribution in [0.2, 0.25) is 0 Å². The lowest BCUT2D eigenvalue weighted by Crippen LogP contribution is -2.47. The van der Waals surface area contributed by atoms with Gasteiger partial charge in [-0.25, -0.2) is 8.42 Å². The Morgan fingerprint density at radius 3 is 2.62 bits per heavy atom. The van der Waals surface area contributed by atoms with Crippen LogP contribution < -0.4 is 5.32 Å². The molecule has 6 nitrogen and oxygen atoms in total. The standard InChI is InChI=1S/C17H25N3O3S/c21-17(19-11-5-9-18-10-13-19)15-6-4-12-20(14-15)24(22,23)16-7-2-1-3-8-16/h1-3,7-8,15,18H,4-6,9-14H2. The van der Waals surface area contributed by atoms with E-state index >= 15 is 0 Å². The first-order valence-electron chi connectivity index (χ1n) is 8.64. The van der Waals surface area contributed by atoms with Crippen LogP contribution in [0.15, 0.2) is 35.2 Å². The van der Waals surface area contributed by atoms with Crippen molar-refractivity contribution < 1.29 is 13.2 Å². The van der Waals surface area contributed by atoms with Crippen molar-refractivity contribution in [3.8, 4) is 0 Å². The Labute approximate surface area is 143 Å². The van der Waals surface area contributed by atoms with E-state index in [9.17, 15) is 13.2 Å². The summed E-state index contributed by atoms with van der Waals surface area (Å²) in [6, 6.07) is 8.48. The van der Waals surface area contributed by atoms with Crippen molar-refractivity contribution in [3.05, 3.63) is 30.3 Å². The van der Waals surface area contributed by atoms with Gasteiger partial charge < -0.3 is 10.2 Å². The summed E-state index contributed by atoms with van der Waals surface area (Å²) < 4.78 is 27.0. The summed E-state index contributed by atoms with van der Waals surface area (Å²) in [5, 5.41) is 3.29. The summed E-state index contributed by atoms with van der Waals surface area (Å²) >= 11 is 0. The van der Waals surface area contributed by atoms with Crippen LogP contribution in [0.5, 0.6) is 0 Å². The van der Waals surface area contributed by atoms with E-state index < -0.39 is 10.0 Å². The third-order valence-electron chi connectivity index (χ3n) is 4.77. The number of carbonyl (C=O) groups is 1. The summed E-state index contributed by atoms with van der Waals surface area (Å²) in [5.41, 5.74) is 0. The van der Waals surface area contributed by atoms with E-state index in [1.165, 1.54) is 4.31 Å². The first-order valence-corrected chi connectivity index (χ1v) is 10.1. The van der Waals surface area contributed by atoms with Crippen LogP contribution in [-0.4, -0.2) is 62.8 Å². The molecule has 2 heterocycles. The lowest BCUT2D eigenvalue weighted by atomic mass is 9.98. The van der Waals surface area contributed by atoms with Crippen LogP contribution in [0.1, 0.15) is 19.3 Å². The molecule has 132 valence electrons. The predicted molar refractivity (Wildman–Crippen MR) is 92.0 cm³/mol. The van der Waals surface area contributed by atoms with Crippen molar-refractivity contribution >= 4 is 15.9 Å². The molecule has 1 amide bonds. The lowest BCUT2D eigenvalue weighted by Gasteiger charge is -2.34. The summed E-state index contributed by atoms with van der Waals surface area (Å²) in [6.07, 6.45) is 2.45. The fourth-order valence-electron chi connectivity index (χ4n) is 3.43. The Hall–Kier alpha value is -1.44. The first-order chi connectivity index (χ1) is 11.6. The van der Waals surface area contributed by atoms with Crippen LogP contribution in [-0.2, 0) is 14.8 Å². The molecule has 0 aromatic heterocycles. The zero-order valence-corrected chi connectivity index (χ0v) is 14.7. The molecule has 1 aromatic carbocycles. The number of rotatable bonds is 3. The number of hydrogen-bond acceptors (Lipinski definition) is 4. The minimum Gasteiger partial charge on any atom is -0.341 e. The van der Waals surface area contributed by atoms with Gasteiger partial charge in [-0.3, -0.25) is 4.79 Å². The van der Waals surface area contributed by atoms with Crippen molar-refractivity contribution in [2.24, 2.45) is 5.92 Å². The molecule has 1 N–H and O–H groups in total. The van der Waals surface area contributed by atoms with Crippen LogP contribution in [0.3, 0.4) is 0 Å². The summed E-state index contributed by atoms with van der Waals surface area (Å²) in [4.78, 5) is 15.0. The van der Waals surface area contributed by atoms with Gasteiger partial charge in [0.1, 0.15) is 0 Å². The van der Waals surface area contributed by atoms with Gasteiger partial charge in [0.25, 0.3) is 0 Å². The van der Waals surface area contributed by atoms with Crippen LogP contribution in [0.25, 0.3) is 0 Å². The minimum atomic E-state index is -3.52. The van der Waals surface area contributed by atoms with E-state index in [4.69, 9.17) is 0 Å². The smallest absolute Gasteiger partial charge is 0.243 e. The maximum Gasteiger partial charge on any atom is 0.243 e. The molecule has 0 spiro atoms. The monoisotopic (exact) mass is 351 g/mol. The zero-order chi connectivity index (χ0) is 17.0. The van der Waals surface area contributed by atoms with Gasteiger partial charge in [0, 0.05) is 32.7 Å². The average Bonchev–Trinajstić information content (AvgIpc) is 2.91. The molecule has 7 heteroatoms. The molecule has 1 aromatic rings. The van der Waals surface area contributed by atoms with Crippen molar-refractivity contribution in [2.45, 2.75) is 24.2 Å². The first kappa shape index (κ1) is 17.4. The third-order valence-corrected chi connectivity index (χ3v) is 6.65. The number of hydrogen-bond donors (Lipinski definition) is 1. The van der Waals surface area contributed by atoms with E-state index in [1.807, 2.05) is 4.90 Å². The highest BCUT2D eigenvalue weighted by atomic mass is 32.2. The average molecular weight is 351 g/mol. The van der Waals surface area contributed by atoms with Crippen molar-refractivity contribution in [1.82, 2.24) is 14.5 Å². The molecular formula is C17H25N3O3S. The van der Waals surface area contributed by atoms with Crippen molar-refractivity contribution in [3.63, 3.8) is 0 Å².